The van der Waals surface area contributed by atoms with Crippen molar-refractivity contribution in [3.05, 3.63) is 29.1 Å². The van der Waals surface area contributed by atoms with Crippen LogP contribution in [-0.2, 0) is 0 Å². The van der Waals surface area contributed by atoms with Gasteiger partial charge in [-0.2, -0.15) is 9.99 Å². The van der Waals surface area contributed by atoms with Gasteiger partial charge in [-0.3, -0.25) is 5.41 Å². The van der Waals surface area contributed by atoms with Gasteiger partial charge in [0.05, 0.1) is 11.9 Å². The Bertz CT molecular complexity index is 438. The zero-order valence-corrected chi connectivity index (χ0v) is 7.02. The van der Waals surface area contributed by atoms with E-state index in [0.29, 0.717) is 10.4 Å². The molecule has 0 saturated heterocycles. The van der Waals surface area contributed by atoms with Gasteiger partial charge < -0.3 is 5.21 Å². The molecular weight excluding hydrogens is 168 g/mol. The van der Waals surface area contributed by atoms with E-state index in [-0.39, 0.29) is 11.2 Å². The fourth-order valence-corrected chi connectivity index (χ4v) is 0.838. The number of hydrogen-bond acceptors (Lipinski definition) is 4. The summed E-state index contributed by atoms with van der Waals surface area (Å²) in [5.41, 5.74) is 0.0337. The highest BCUT2D eigenvalue weighted by Gasteiger charge is 2.01. The van der Waals surface area contributed by atoms with Crippen molar-refractivity contribution in [2.75, 3.05) is 0 Å². The van der Waals surface area contributed by atoms with Gasteiger partial charge in [-0.05, 0) is 13.0 Å². The molecule has 0 amide bonds. The van der Waals surface area contributed by atoms with Gasteiger partial charge in [-0.25, -0.2) is 4.98 Å². The van der Waals surface area contributed by atoms with Gasteiger partial charge in [0.2, 0.25) is 0 Å². The third-order valence-corrected chi connectivity index (χ3v) is 1.39. The van der Waals surface area contributed by atoms with Crippen molar-refractivity contribution in [1.29, 1.82) is 10.7 Å². The number of allylic oxidation sites excluding steroid dienone is 1. The largest absolute Gasteiger partial charge is 0.427 e. The summed E-state index contributed by atoms with van der Waals surface area (Å²) in [6.07, 6.45) is 4.63. The van der Waals surface area contributed by atoms with Gasteiger partial charge in [0.25, 0.3) is 0 Å². The first-order chi connectivity index (χ1) is 6.19. The standard InChI is InChI=1S/C8H8N4O/c1-2-3-6-5-12(13)8(10)7(4-9)11-6/h2-3,5,10,13H,1H3/b3-2-,10-8?. The van der Waals surface area contributed by atoms with E-state index in [1.165, 1.54) is 6.20 Å². The highest BCUT2D eigenvalue weighted by Crippen LogP contribution is 1.95. The first-order valence-corrected chi connectivity index (χ1v) is 3.59. The molecule has 1 heterocycles. The predicted octanol–water partition coefficient (Wildman–Crippen LogP) is 0.505. The van der Waals surface area contributed by atoms with Gasteiger partial charge in [-0.1, -0.05) is 6.08 Å². The van der Waals surface area contributed by atoms with Crippen molar-refractivity contribution in [1.82, 2.24) is 9.71 Å². The Labute approximate surface area is 74.7 Å². The fourth-order valence-electron chi connectivity index (χ4n) is 0.838. The summed E-state index contributed by atoms with van der Waals surface area (Å²) >= 11 is 0. The molecule has 1 aromatic heterocycles. The van der Waals surface area contributed by atoms with Gasteiger partial charge in [0.15, 0.2) is 11.2 Å². The Morgan fingerprint density at radius 3 is 3.00 bits per heavy atom. The van der Waals surface area contributed by atoms with E-state index < -0.39 is 0 Å². The van der Waals surface area contributed by atoms with E-state index in [0.717, 1.165) is 0 Å². The van der Waals surface area contributed by atoms with Crippen LogP contribution >= 0.6 is 0 Å². The van der Waals surface area contributed by atoms with Gasteiger partial charge in [0.1, 0.15) is 6.07 Å². The molecule has 0 radical (unpaired) electrons. The van der Waals surface area contributed by atoms with Crippen LogP contribution in [0.15, 0.2) is 12.3 Å². The lowest BCUT2D eigenvalue weighted by molar-refractivity contribution is 0.168. The zero-order chi connectivity index (χ0) is 9.84. The average molecular weight is 176 g/mol. The molecule has 0 unspecified atom stereocenters. The van der Waals surface area contributed by atoms with Crippen LogP contribution in [0.2, 0.25) is 0 Å². The molecule has 2 N–H and O–H groups in total. The SMILES string of the molecule is C/C=C\c1cn(O)c(=N)c(C#N)n1. The molecule has 0 spiro atoms. The molecule has 1 rings (SSSR count). The van der Waals surface area contributed by atoms with Crippen LogP contribution in [0.4, 0.5) is 0 Å². The Morgan fingerprint density at radius 1 is 1.77 bits per heavy atom. The monoisotopic (exact) mass is 176 g/mol. The molecule has 5 nitrogen and oxygen atoms in total. The van der Waals surface area contributed by atoms with Crippen LogP contribution in [0.1, 0.15) is 18.3 Å². The van der Waals surface area contributed by atoms with Crippen LogP contribution < -0.4 is 5.49 Å². The smallest absolute Gasteiger partial charge is 0.197 e. The summed E-state index contributed by atoms with van der Waals surface area (Å²) in [5, 5.41) is 24.9. The molecule has 0 aliphatic rings. The van der Waals surface area contributed by atoms with Gasteiger partial charge in [-0.15, -0.1) is 0 Å². The van der Waals surface area contributed by atoms with Crippen molar-refractivity contribution in [2.24, 2.45) is 0 Å². The minimum atomic E-state index is -0.309. The highest BCUT2D eigenvalue weighted by atomic mass is 16.5. The third-order valence-electron chi connectivity index (χ3n) is 1.39. The second-order valence-corrected chi connectivity index (χ2v) is 2.32. The van der Waals surface area contributed by atoms with E-state index in [9.17, 15) is 0 Å². The molecular formula is C8H8N4O. The van der Waals surface area contributed by atoms with E-state index >= 15 is 0 Å². The number of rotatable bonds is 1. The Balaban J connectivity index is 3.41. The van der Waals surface area contributed by atoms with Crippen molar-refractivity contribution < 1.29 is 5.21 Å². The summed E-state index contributed by atoms with van der Waals surface area (Å²) in [6, 6.07) is 1.72. The minimum Gasteiger partial charge on any atom is -0.427 e. The molecule has 66 valence electrons. The minimum absolute atomic E-state index is 0.0990. The normalized spacial score (nSPS) is 10.2. The van der Waals surface area contributed by atoms with Crippen LogP contribution in [0.25, 0.3) is 6.08 Å². The number of hydrogen-bond donors (Lipinski definition) is 2. The van der Waals surface area contributed by atoms with Crippen molar-refractivity contribution in [3.63, 3.8) is 0 Å². The molecule has 0 aliphatic carbocycles. The van der Waals surface area contributed by atoms with Gasteiger partial charge >= 0.3 is 0 Å². The van der Waals surface area contributed by atoms with Crippen LogP contribution in [0.3, 0.4) is 0 Å². The summed E-state index contributed by atoms with van der Waals surface area (Å²) in [6.45, 7) is 1.80. The lowest BCUT2D eigenvalue weighted by Gasteiger charge is -1.99. The summed E-state index contributed by atoms with van der Waals surface area (Å²) < 4.78 is 0.570. The lowest BCUT2D eigenvalue weighted by Crippen LogP contribution is -2.22. The Kier molecular flexibility index (Phi) is 2.45. The van der Waals surface area contributed by atoms with E-state index in [1.807, 2.05) is 0 Å². The lowest BCUT2D eigenvalue weighted by atomic mass is 10.3. The molecule has 0 aromatic carbocycles. The van der Waals surface area contributed by atoms with Crippen molar-refractivity contribution >= 4 is 6.08 Å². The maximum Gasteiger partial charge on any atom is 0.197 e. The Morgan fingerprint density at radius 2 is 2.46 bits per heavy atom. The number of aromatic nitrogens is 2. The second kappa shape index (κ2) is 3.54. The first kappa shape index (κ1) is 9.00. The molecule has 5 heteroatoms. The van der Waals surface area contributed by atoms with E-state index in [4.69, 9.17) is 15.9 Å². The predicted molar refractivity (Wildman–Crippen MR) is 44.7 cm³/mol. The van der Waals surface area contributed by atoms with E-state index in [1.54, 1.807) is 25.1 Å². The molecule has 1 aromatic rings. The number of nitriles is 1. The quantitative estimate of drug-likeness (QED) is 0.611. The fraction of sp³-hybridized carbons (Fsp3) is 0.125. The molecule has 0 saturated carbocycles. The third kappa shape index (κ3) is 1.73. The molecule has 13 heavy (non-hydrogen) atoms. The molecule has 0 fully saturated rings. The maximum atomic E-state index is 9.14. The average Bonchev–Trinajstić information content (AvgIpc) is 2.11. The summed E-state index contributed by atoms with van der Waals surface area (Å²) in [7, 11) is 0. The maximum absolute atomic E-state index is 9.14. The van der Waals surface area contributed by atoms with Crippen LogP contribution in [-0.4, -0.2) is 14.9 Å². The van der Waals surface area contributed by atoms with Gasteiger partial charge in [0, 0.05) is 0 Å². The number of nitrogens with zero attached hydrogens (tertiary/aromatic N) is 3. The summed E-state index contributed by atoms with van der Waals surface area (Å²) in [4.78, 5) is 3.83. The topological polar surface area (TPSA) is 85.7 Å². The van der Waals surface area contributed by atoms with Crippen LogP contribution in [0.5, 0.6) is 0 Å². The molecule has 0 atom stereocenters. The van der Waals surface area contributed by atoms with E-state index in [2.05, 4.69) is 4.98 Å². The Hall–Kier alpha value is -2.09. The zero-order valence-electron chi connectivity index (χ0n) is 7.02. The number of nitrogens with one attached hydrogen (secondary N) is 1. The van der Waals surface area contributed by atoms with Crippen molar-refractivity contribution in [2.45, 2.75) is 6.92 Å². The molecule has 0 aliphatic heterocycles. The molecule has 0 bridgehead atoms. The van der Waals surface area contributed by atoms with Crippen molar-refractivity contribution in [3.8, 4) is 6.07 Å². The second-order valence-electron chi connectivity index (χ2n) is 2.32. The first-order valence-electron chi connectivity index (χ1n) is 3.59. The highest BCUT2D eigenvalue weighted by molar-refractivity contribution is 5.43. The van der Waals surface area contributed by atoms with Crippen LogP contribution in [0, 0.1) is 16.7 Å². The summed E-state index contributed by atoms with van der Waals surface area (Å²) in [5.74, 6) is 0.